The van der Waals surface area contributed by atoms with Gasteiger partial charge in [-0.05, 0) is 56.0 Å². The number of amides is 3. The van der Waals surface area contributed by atoms with Crippen LogP contribution in [0, 0.1) is 13.8 Å². The van der Waals surface area contributed by atoms with Gasteiger partial charge in [-0.25, -0.2) is 4.79 Å². The summed E-state index contributed by atoms with van der Waals surface area (Å²) in [6, 6.07) is 8.99. The van der Waals surface area contributed by atoms with Crippen molar-refractivity contribution in [3.05, 3.63) is 47.0 Å². The number of nitrogen functional groups attached to an aromatic ring is 1. The number of aryl methyl sites for hydroxylation is 1. The van der Waals surface area contributed by atoms with Crippen molar-refractivity contribution in [1.82, 2.24) is 4.90 Å². The van der Waals surface area contributed by atoms with E-state index in [1.165, 1.54) is 0 Å². The van der Waals surface area contributed by atoms with Gasteiger partial charge >= 0.3 is 6.03 Å². The molecule has 7 heteroatoms. The molecule has 31 heavy (non-hydrogen) atoms. The van der Waals surface area contributed by atoms with Crippen LogP contribution in [0.1, 0.15) is 48.8 Å². The number of anilines is 3. The topological polar surface area (TPSA) is 96.7 Å². The second-order valence-corrected chi connectivity index (χ2v) is 8.55. The van der Waals surface area contributed by atoms with Crippen molar-refractivity contribution >= 4 is 29.0 Å². The van der Waals surface area contributed by atoms with E-state index in [2.05, 4.69) is 10.6 Å². The molecule has 2 aliphatic rings. The number of nitrogens with two attached hydrogens (primary N) is 1. The van der Waals surface area contributed by atoms with Crippen LogP contribution in [0.2, 0.25) is 0 Å². The Labute approximate surface area is 182 Å². The zero-order valence-corrected chi connectivity index (χ0v) is 18.4. The third kappa shape index (κ3) is 3.69. The first-order valence-electron chi connectivity index (χ1n) is 10.8. The van der Waals surface area contributed by atoms with Crippen LogP contribution in [0.25, 0.3) is 0 Å². The number of nitrogens with one attached hydrogen (secondary N) is 2. The van der Waals surface area contributed by atoms with Gasteiger partial charge in [-0.15, -0.1) is 0 Å². The number of rotatable bonds is 4. The standard InChI is InChI=1S/C24H30N4O3/c1-15-7-8-17(13-21(15)31-3)26-22(29)24(11-5-4-6-12-24)28-14-18-16(2)19(25)9-10-20(18)27-23(28)30/h7-10,13H,4-6,11-12,14,25H2,1-3H3,(H,26,29)(H,27,30). The molecule has 1 aliphatic carbocycles. The van der Waals surface area contributed by atoms with E-state index < -0.39 is 5.54 Å². The van der Waals surface area contributed by atoms with Crippen LogP contribution in [-0.2, 0) is 11.3 Å². The Balaban J connectivity index is 1.68. The van der Waals surface area contributed by atoms with Gasteiger partial charge in [0.05, 0.1) is 13.7 Å². The smallest absolute Gasteiger partial charge is 0.323 e. The zero-order chi connectivity index (χ0) is 22.2. The van der Waals surface area contributed by atoms with Gasteiger partial charge in [-0.3, -0.25) is 4.79 Å². The Hall–Kier alpha value is -3.22. The maximum Gasteiger partial charge on any atom is 0.323 e. The molecule has 1 saturated carbocycles. The first-order valence-corrected chi connectivity index (χ1v) is 10.8. The molecule has 0 atom stereocenters. The zero-order valence-electron chi connectivity index (χ0n) is 18.4. The Morgan fingerprint density at radius 3 is 2.61 bits per heavy atom. The van der Waals surface area contributed by atoms with Gasteiger partial charge in [-0.1, -0.05) is 25.3 Å². The molecule has 2 aromatic carbocycles. The van der Waals surface area contributed by atoms with E-state index in [1.54, 1.807) is 18.1 Å². The van der Waals surface area contributed by atoms with Crippen LogP contribution in [0.4, 0.5) is 21.9 Å². The fourth-order valence-electron chi connectivity index (χ4n) is 4.76. The summed E-state index contributed by atoms with van der Waals surface area (Å²) in [4.78, 5) is 28.5. The van der Waals surface area contributed by atoms with Crippen molar-refractivity contribution in [3.8, 4) is 5.75 Å². The van der Waals surface area contributed by atoms with E-state index >= 15 is 0 Å². The molecular weight excluding hydrogens is 392 g/mol. The summed E-state index contributed by atoms with van der Waals surface area (Å²) in [5.74, 6) is 0.560. The number of nitrogens with zero attached hydrogens (tertiary/aromatic N) is 1. The number of methoxy groups -OCH3 is 1. The molecule has 0 unspecified atom stereocenters. The van der Waals surface area contributed by atoms with Gasteiger partial charge in [0.2, 0.25) is 5.91 Å². The SMILES string of the molecule is COc1cc(NC(=O)C2(N3Cc4c(ccc(N)c4C)NC3=O)CCCCC2)ccc1C. The predicted molar refractivity (Wildman–Crippen MR) is 122 cm³/mol. The molecule has 164 valence electrons. The molecule has 0 bridgehead atoms. The highest BCUT2D eigenvalue weighted by molar-refractivity contribution is 6.03. The van der Waals surface area contributed by atoms with E-state index in [1.807, 2.05) is 38.1 Å². The first kappa shape index (κ1) is 21.0. The van der Waals surface area contributed by atoms with Gasteiger partial charge < -0.3 is 26.0 Å². The second kappa shape index (κ2) is 8.13. The van der Waals surface area contributed by atoms with E-state index in [0.717, 1.165) is 41.6 Å². The van der Waals surface area contributed by atoms with Gasteiger partial charge in [-0.2, -0.15) is 0 Å². The largest absolute Gasteiger partial charge is 0.496 e. The van der Waals surface area contributed by atoms with E-state index in [-0.39, 0.29) is 11.9 Å². The number of fused-ring (bicyclic) bond motifs is 1. The molecule has 0 saturated heterocycles. The molecular formula is C24H30N4O3. The fraction of sp³-hybridized carbons (Fsp3) is 0.417. The third-order valence-electron chi connectivity index (χ3n) is 6.73. The van der Waals surface area contributed by atoms with Crippen molar-refractivity contribution in [2.75, 3.05) is 23.5 Å². The van der Waals surface area contributed by atoms with Crippen molar-refractivity contribution in [2.45, 2.75) is 58.0 Å². The molecule has 0 spiro atoms. The Kier molecular flexibility index (Phi) is 5.52. The summed E-state index contributed by atoms with van der Waals surface area (Å²) in [5, 5.41) is 6.03. The van der Waals surface area contributed by atoms with Gasteiger partial charge in [0, 0.05) is 28.7 Å². The monoisotopic (exact) mass is 422 g/mol. The number of hydrogen-bond acceptors (Lipinski definition) is 4. The van der Waals surface area contributed by atoms with Crippen LogP contribution in [0.3, 0.4) is 0 Å². The number of hydrogen-bond donors (Lipinski definition) is 3. The normalized spacial score (nSPS) is 17.5. The molecule has 4 N–H and O–H groups in total. The Morgan fingerprint density at radius 2 is 1.90 bits per heavy atom. The average molecular weight is 423 g/mol. The van der Waals surface area contributed by atoms with E-state index in [4.69, 9.17) is 10.5 Å². The molecule has 1 heterocycles. The number of carbonyl (C=O) groups excluding carboxylic acids is 2. The lowest BCUT2D eigenvalue weighted by atomic mass is 9.78. The molecule has 7 nitrogen and oxygen atoms in total. The summed E-state index contributed by atoms with van der Waals surface area (Å²) in [7, 11) is 1.61. The van der Waals surface area contributed by atoms with Crippen molar-refractivity contribution in [1.29, 1.82) is 0 Å². The molecule has 0 aromatic heterocycles. The highest BCUT2D eigenvalue weighted by atomic mass is 16.5. The highest BCUT2D eigenvalue weighted by Gasteiger charge is 2.48. The molecule has 4 rings (SSSR count). The van der Waals surface area contributed by atoms with Crippen LogP contribution >= 0.6 is 0 Å². The number of carbonyl (C=O) groups is 2. The summed E-state index contributed by atoms with van der Waals surface area (Å²) in [6.45, 7) is 4.27. The lowest BCUT2D eigenvalue weighted by Gasteiger charge is -2.47. The lowest BCUT2D eigenvalue weighted by Crippen LogP contribution is -2.61. The number of ether oxygens (including phenoxy) is 1. The molecule has 1 aliphatic heterocycles. The maximum absolute atomic E-state index is 13.7. The Morgan fingerprint density at radius 1 is 1.16 bits per heavy atom. The predicted octanol–water partition coefficient (Wildman–Crippen LogP) is 4.58. The first-order chi connectivity index (χ1) is 14.9. The molecule has 2 aromatic rings. The van der Waals surface area contributed by atoms with Crippen molar-refractivity contribution in [3.63, 3.8) is 0 Å². The van der Waals surface area contributed by atoms with Crippen LogP contribution < -0.4 is 21.1 Å². The summed E-state index contributed by atoms with van der Waals surface area (Å²) < 4.78 is 5.40. The maximum atomic E-state index is 13.7. The highest BCUT2D eigenvalue weighted by Crippen LogP contribution is 2.40. The lowest BCUT2D eigenvalue weighted by molar-refractivity contribution is -0.128. The average Bonchev–Trinajstić information content (AvgIpc) is 2.77. The molecule has 1 fully saturated rings. The minimum Gasteiger partial charge on any atom is -0.496 e. The van der Waals surface area contributed by atoms with Crippen LogP contribution in [0.15, 0.2) is 30.3 Å². The minimum absolute atomic E-state index is 0.154. The fourth-order valence-corrected chi connectivity index (χ4v) is 4.76. The second-order valence-electron chi connectivity index (χ2n) is 8.55. The van der Waals surface area contributed by atoms with Gasteiger partial charge in [0.25, 0.3) is 0 Å². The van der Waals surface area contributed by atoms with Crippen LogP contribution in [0.5, 0.6) is 5.75 Å². The molecule has 3 amide bonds. The van der Waals surface area contributed by atoms with E-state index in [0.29, 0.717) is 36.5 Å². The van der Waals surface area contributed by atoms with Crippen molar-refractivity contribution in [2.24, 2.45) is 0 Å². The summed E-state index contributed by atoms with van der Waals surface area (Å²) in [5.41, 5.74) is 10.2. The van der Waals surface area contributed by atoms with Gasteiger partial charge in [0.1, 0.15) is 11.3 Å². The molecule has 0 radical (unpaired) electrons. The Bertz CT molecular complexity index is 1030. The third-order valence-corrected chi connectivity index (χ3v) is 6.73. The summed E-state index contributed by atoms with van der Waals surface area (Å²) in [6.07, 6.45) is 4.12. The quantitative estimate of drug-likeness (QED) is 0.628. The summed E-state index contributed by atoms with van der Waals surface area (Å²) >= 11 is 0. The van der Waals surface area contributed by atoms with E-state index in [9.17, 15) is 9.59 Å². The van der Waals surface area contributed by atoms with Gasteiger partial charge in [0.15, 0.2) is 0 Å². The minimum atomic E-state index is -0.908. The van der Waals surface area contributed by atoms with Crippen LogP contribution in [-0.4, -0.2) is 29.5 Å². The number of urea groups is 1. The van der Waals surface area contributed by atoms with Crippen molar-refractivity contribution < 1.29 is 14.3 Å². The number of benzene rings is 2.